The molecule has 5 nitrogen and oxygen atoms in total. The zero-order valence-corrected chi connectivity index (χ0v) is 14.3. The third-order valence-corrected chi connectivity index (χ3v) is 3.70. The molecule has 2 aromatic rings. The zero-order valence-electron chi connectivity index (χ0n) is 14.3. The van der Waals surface area contributed by atoms with Crippen LogP contribution >= 0.6 is 0 Å². The predicted molar refractivity (Wildman–Crippen MR) is 94.2 cm³/mol. The lowest BCUT2D eigenvalue weighted by Gasteiger charge is -2.16. The Balaban J connectivity index is 1.88. The Hall–Kier alpha value is -2.95. The molecule has 0 aromatic heterocycles. The lowest BCUT2D eigenvalue weighted by atomic mass is 10.0. The van der Waals surface area contributed by atoms with Crippen molar-refractivity contribution in [2.24, 2.45) is 0 Å². The van der Waals surface area contributed by atoms with Gasteiger partial charge in [0.05, 0.1) is 11.6 Å². The van der Waals surface area contributed by atoms with E-state index in [4.69, 9.17) is 4.74 Å². The normalized spacial score (nSPS) is 11.4. The highest BCUT2D eigenvalue weighted by atomic mass is 16.5. The van der Waals surface area contributed by atoms with Crippen molar-refractivity contribution in [2.45, 2.75) is 26.3 Å². The van der Waals surface area contributed by atoms with Gasteiger partial charge in [-0.2, -0.15) is 0 Å². The molecule has 0 radical (unpaired) electrons. The summed E-state index contributed by atoms with van der Waals surface area (Å²) in [4.78, 5) is 35.7. The number of hydrogen-bond acceptors (Lipinski definition) is 4. The number of aryl methyl sites for hydroxylation is 1. The Bertz CT molecular complexity index is 755. The number of Topliss-reactive ketones (excluding diaryl/α,β-unsaturated/α-hetero) is 1. The fraction of sp³-hybridized carbons (Fsp3) is 0.250. The second-order valence-corrected chi connectivity index (χ2v) is 5.87. The molecular formula is C20H21NO4. The Morgan fingerprint density at radius 2 is 1.76 bits per heavy atom. The number of ether oxygens (including phenoxy) is 1. The van der Waals surface area contributed by atoms with E-state index in [1.54, 1.807) is 18.2 Å². The van der Waals surface area contributed by atoms with Crippen molar-refractivity contribution in [2.75, 3.05) is 6.61 Å². The van der Waals surface area contributed by atoms with Crippen LogP contribution in [0.2, 0.25) is 0 Å². The van der Waals surface area contributed by atoms with E-state index in [9.17, 15) is 14.4 Å². The molecule has 0 aliphatic carbocycles. The highest BCUT2D eigenvalue weighted by molar-refractivity contribution is 5.92. The van der Waals surface area contributed by atoms with Gasteiger partial charge in [0.2, 0.25) is 0 Å². The third-order valence-electron chi connectivity index (χ3n) is 3.70. The van der Waals surface area contributed by atoms with Gasteiger partial charge in [-0.15, -0.1) is 0 Å². The average molecular weight is 339 g/mol. The molecular weight excluding hydrogens is 318 g/mol. The molecule has 0 saturated heterocycles. The summed E-state index contributed by atoms with van der Waals surface area (Å²) in [5.74, 6) is -1.22. The van der Waals surface area contributed by atoms with Crippen LogP contribution in [0.4, 0.5) is 0 Å². The van der Waals surface area contributed by atoms with Crippen LogP contribution < -0.4 is 5.32 Å². The van der Waals surface area contributed by atoms with E-state index < -0.39 is 24.5 Å². The van der Waals surface area contributed by atoms with Gasteiger partial charge in [0.25, 0.3) is 5.91 Å². The molecule has 130 valence electrons. The number of esters is 1. The number of nitrogens with one attached hydrogen (secondary N) is 1. The summed E-state index contributed by atoms with van der Waals surface area (Å²) in [6.45, 7) is 2.86. The zero-order chi connectivity index (χ0) is 18.2. The maximum atomic E-state index is 12.0. The standard InChI is InChI=1S/C20H21NO4/c1-14-7-6-10-17(11-14)20(24)25-13-19(23)21-18(15(2)22)12-16-8-4-3-5-9-16/h3-11,18H,12-13H2,1-2H3,(H,21,23). The first kappa shape index (κ1) is 18.4. The van der Waals surface area contributed by atoms with Gasteiger partial charge >= 0.3 is 5.97 Å². The van der Waals surface area contributed by atoms with Crippen LogP contribution in [0, 0.1) is 6.92 Å². The molecule has 0 heterocycles. The van der Waals surface area contributed by atoms with E-state index in [-0.39, 0.29) is 5.78 Å². The second-order valence-electron chi connectivity index (χ2n) is 5.87. The van der Waals surface area contributed by atoms with Gasteiger partial charge in [-0.25, -0.2) is 4.79 Å². The first-order valence-corrected chi connectivity index (χ1v) is 8.03. The maximum Gasteiger partial charge on any atom is 0.338 e. The number of carbonyl (C=O) groups is 3. The first-order chi connectivity index (χ1) is 12.0. The lowest BCUT2D eigenvalue weighted by Crippen LogP contribution is -2.43. The molecule has 1 unspecified atom stereocenters. The minimum atomic E-state index is -0.646. The Morgan fingerprint density at radius 3 is 2.40 bits per heavy atom. The Labute approximate surface area is 147 Å². The van der Waals surface area contributed by atoms with Gasteiger partial charge in [-0.1, -0.05) is 48.0 Å². The first-order valence-electron chi connectivity index (χ1n) is 8.03. The molecule has 0 saturated carbocycles. The van der Waals surface area contributed by atoms with Crippen molar-refractivity contribution in [1.82, 2.24) is 5.32 Å². The van der Waals surface area contributed by atoms with Crippen molar-refractivity contribution in [3.63, 3.8) is 0 Å². The van der Waals surface area contributed by atoms with Crippen molar-refractivity contribution in [3.05, 3.63) is 71.3 Å². The molecule has 0 aliphatic rings. The summed E-state index contributed by atoms with van der Waals surface area (Å²) in [6.07, 6.45) is 0.397. The molecule has 1 amide bonds. The van der Waals surface area contributed by atoms with Crippen molar-refractivity contribution < 1.29 is 19.1 Å². The minimum absolute atomic E-state index is 0.151. The van der Waals surface area contributed by atoms with Crippen LogP contribution in [-0.4, -0.2) is 30.3 Å². The quantitative estimate of drug-likeness (QED) is 0.787. The fourth-order valence-electron chi connectivity index (χ4n) is 2.37. The van der Waals surface area contributed by atoms with E-state index in [0.717, 1.165) is 11.1 Å². The average Bonchev–Trinajstić information content (AvgIpc) is 2.60. The minimum Gasteiger partial charge on any atom is -0.452 e. The third kappa shape index (κ3) is 5.88. The van der Waals surface area contributed by atoms with Gasteiger partial charge in [0, 0.05) is 0 Å². The van der Waals surface area contributed by atoms with E-state index in [1.807, 2.05) is 43.3 Å². The van der Waals surface area contributed by atoms with Crippen LogP contribution in [0.5, 0.6) is 0 Å². The van der Waals surface area contributed by atoms with Crippen LogP contribution in [0.1, 0.15) is 28.4 Å². The predicted octanol–water partition coefficient (Wildman–Crippen LogP) is 2.47. The van der Waals surface area contributed by atoms with E-state index >= 15 is 0 Å². The van der Waals surface area contributed by atoms with Crippen LogP contribution in [-0.2, 0) is 20.7 Å². The van der Waals surface area contributed by atoms with Gasteiger partial charge in [-0.3, -0.25) is 9.59 Å². The number of ketones is 1. The molecule has 1 atom stereocenters. The SMILES string of the molecule is CC(=O)C(Cc1ccccc1)NC(=O)COC(=O)c1cccc(C)c1. The summed E-state index contributed by atoms with van der Waals surface area (Å²) in [6, 6.07) is 15.7. The maximum absolute atomic E-state index is 12.0. The number of carbonyl (C=O) groups excluding carboxylic acids is 3. The molecule has 0 aliphatic heterocycles. The van der Waals surface area contributed by atoms with E-state index in [1.165, 1.54) is 6.92 Å². The summed E-state index contributed by atoms with van der Waals surface area (Å²) < 4.78 is 5.01. The van der Waals surface area contributed by atoms with Gasteiger partial charge in [-0.05, 0) is 38.0 Å². The van der Waals surface area contributed by atoms with Crippen LogP contribution in [0.25, 0.3) is 0 Å². The van der Waals surface area contributed by atoms with Crippen molar-refractivity contribution >= 4 is 17.7 Å². The molecule has 1 N–H and O–H groups in total. The lowest BCUT2D eigenvalue weighted by molar-refractivity contribution is -0.128. The van der Waals surface area contributed by atoms with Crippen molar-refractivity contribution in [1.29, 1.82) is 0 Å². The molecule has 0 fully saturated rings. The number of amides is 1. The summed E-state index contributed by atoms with van der Waals surface area (Å²) in [5, 5.41) is 2.62. The summed E-state index contributed by atoms with van der Waals surface area (Å²) in [7, 11) is 0. The number of rotatable bonds is 7. The molecule has 25 heavy (non-hydrogen) atoms. The molecule has 5 heteroatoms. The van der Waals surface area contributed by atoms with Gasteiger partial charge < -0.3 is 10.1 Å². The Morgan fingerprint density at radius 1 is 1.04 bits per heavy atom. The van der Waals surface area contributed by atoms with Crippen LogP contribution in [0.3, 0.4) is 0 Å². The molecule has 0 bridgehead atoms. The molecule has 2 aromatic carbocycles. The Kier molecular flexibility index (Phi) is 6.46. The fourth-order valence-corrected chi connectivity index (χ4v) is 2.37. The number of benzene rings is 2. The highest BCUT2D eigenvalue weighted by Crippen LogP contribution is 2.06. The van der Waals surface area contributed by atoms with Crippen LogP contribution in [0.15, 0.2) is 54.6 Å². The molecule has 2 rings (SSSR count). The highest BCUT2D eigenvalue weighted by Gasteiger charge is 2.18. The largest absolute Gasteiger partial charge is 0.452 e. The second kappa shape index (κ2) is 8.78. The van der Waals surface area contributed by atoms with Gasteiger partial charge in [0.1, 0.15) is 0 Å². The van der Waals surface area contributed by atoms with Crippen molar-refractivity contribution in [3.8, 4) is 0 Å². The summed E-state index contributed by atoms with van der Waals surface area (Å²) in [5.41, 5.74) is 2.26. The smallest absolute Gasteiger partial charge is 0.338 e. The number of hydrogen-bond donors (Lipinski definition) is 1. The topological polar surface area (TPSA) is 72.5 Å². The molecule has 0 spiro atoms. The monoisotopic (exact) mass is 339 g/mol. The van der Waals surface area contributed by atoms with Gasteiger partial charge in [0.15, 0.2) is 12.4 Å². The van der Waals surface area contributed by atoms with E-state index in [2.05, 4.69) is 5.32 Å². The van der Waals surface area contributed by atoms with E-state index in [0.29, 0.717) is 12.0 Å². The summed E-state index contributed by atoms with van der Waals surface area (Å²) >= 11 is 0.